The first-order valence-corrected chi connectivity index (χ1v) is 5.02. The van der Waals surface area contributed by atoms with Gasteiger partial charge in [0.05, 0.1) is 17.9 Å². The Kier molecular flexibility index (Phi) is 2.76. The van der Waals surface area contributed by atoms with Crippen LogP contribution in [0.5, 0.6) is 0 Å². The van der Waals surface area contributed by atoms with Gasteiger partial charge in [-0.05, 0) is 6.42 Å². The Morgan fingerprint density at radius 3 is 2.94 bits per heavy atom. The van der Waals surface area contributed by atoms with E-state index >= 15 is 0 Å². The molecular formula is C9H14N6O. The van der Waals surface area contributed by atoms with E-state index in [4.69, 9.17) is 5.73 Å². The molecule has 0 atom stereocenters. The van der Waals surface area contributed by atoms with Gasteiger partial charge in [-0.3, -0.25) is 4.68 Å². The van der Waals surface area contributed by atoms with Crippen LogP contribution in [-0.2, 0) is 20.0 Å². The van der Waals surface area contributed by atoms with Crippen LogP contribution < -0.4 is 11.1 Å². The monoisotopic (exact) mass is 222 g/mol. The van der Waals surface area contributed by atoms with Crippen molar-refractivity contribution in [2.45, 2.75) is 19.9 Å². The second-order valence-corrected chi connectivity index (χ2v) is 3.39. The van der Waals surface area contributed by atoms with E-state index < -0.39 is 0 Å². The molecule has 86 valence electrons. The SMILES string of the molecule is CCc1nn(C)c(NCc2ncon2)c1N. The Balaban J connectivity index is 2.12. The minimum Gasteiger partial charge on any atom is -0.394 e. The molecule has 2 heterocycles. The number of nitrogens with one attached hydrogen (secondary N) is 1. The highest BCUT2D eigenvalue weighted by Gasteiger charge is 2.11. The summed E-state index contributed by atoms with van der Waals surface area (Å²) in [5.41, 5.74) is 7.51. The summed E-state index contributed by atoms with van der Waals surface area (Å²) in [6.45, 7) is 2.48. The molecule has 2 aromatic rings. The standard InChI is InChI=1S/C9H14N6O/c1-3-6-8(10)9(15(2)13-6)11-4-7-12-5-16-14-7/h5,11H,3-4,10H2,1-2H3. The molecule has 2 rings (SSSR count). The zero-order valence-electron chi connectivity index (χ0n) is 9.27. The third-order valence-electron chi connectivity index (χ3n) is 2.32. The molecule has 0 aliphatic carbocycles. The molecular weight excluding hydrogens is 208 g/mol. The van der Waals surface area contributed by atoms with Crippen LogP contribution in [0.4, 0.5) is 11.5 Å². The summed E-state index contributed by atoms with van der Waals surface area (Å²) < 4.78 is 6.35. The van der Waals surface area contributed by atoms with Crippen molar-refractivity contribution in [2.24, 2.45) is 7.05 Å². The first-order valence-electron chi connectivity index (χ1n) is 5.02. The van der Waals surface area contributed by atoms with Crippen LogP contribution in [0.2, 0.25) is 0 Å². The van der Waals surface area contributed by atoms with E-state index in [9.17, 15) is 0 Å². The predicted octanol–water partition coefficient (Wildman–Crippen LogP) is 0.560. The number of rotatable bonds is 4. The van der Waals surface area contributed by atoms with Gasteiger partial charge >= 0.3 is 0 Å². The van der Waals surface area contributed by atoms with Gasteiger partial charge in [0.1, 0.15) is 5.82 Å². The maximum atomic E-state index is 5.94. The molecule has 0 amide bonds. The van der Waals surface area contributed by atoms with E-state index in [2.05, 4.69) is 25.1 Å². The number of anilines is 2. The summed E-state index contributed by atoms with van der Waals surface area (Å²) in [6, 6.07) is 0. The van der Waals surface area contributed by atoms with Gasteiger partial charge in [-0.2, -0.15) is 10.1 Å². The lowest BCUT2D eigenvalue weighted by molar-refractivity contribution is 0.411. The minimum absolute atomic E-state index is 0.462. The summed E-state index contributed by atoms with van der Waals surface area (Å²) >= 11 is 0. The van der Waals surface area contributed by atoms with Gasteiger partial charge in [0.2, 0.25) is 6.39 Å². The highest BCUT2D eigenvalue weighted by Crippen LogP contribution is 2.22. The number of nitrogens with two attached hydrogens (primary N) is 1. The number of aryl methyl sites for hydroxylation is 2. The maximum absolute atomic E-state index is 5.94. The van der Waals surface area contributed by atoms with E-state index in [0.29, 0.717) is 18.1 Å². The van der Waals surface area contributed by atoms with Gasteiger partial charge in [0.25, 0.3) is 0 Å². The fourth-order valence-corrected chi connectivity index (χ4v) is 1.50. The van der Waals surface area contributed by atoms with E-state index in [-0.39, 0.29) is 0 Å². The van der Waals surface area contributed by atoms with Crippen molar-refractivity contribution in [1.82, 2.24) is 19.9 Å². The van der Waals surface area contributed by atoms with Crippen molar-refractivity contribution >= 4 is 11.5 Å². The Morgan fingerprint density at radius 1 is 1.56 bits per heavy atom. The summed E-state index contributed by atoms with van der Waals surface area (Å²) in [6.07, 6.45) is 2.10. The third-order valence-corrected chi connectivity index (χ3v) is 2.32. The minimum atomic E-state index is 0.462. The third kappa shape index (κ3) is 1.83. The molecule has 3 N–H and O–H groups in total. The number of aromatic nitrogens is 4. The fraction of sp³-hybridized carbons (Fsp3) is 0.444. The lowest BCUT2D eigenvalue weighted by atomic mass is 10.3. The summed E-state index contributed by atoms with van der Waals surface area (Å²) in [7, 11) is 1.84. The van der Waals surface area contributed by atoms with Crippen LogP contribution in [0, 0.1) is 0 Å². The van der Waals surface area contributed by atoms with E-state index in [0.717, 1.165) is 17.9 Å². The predicted molar refractivity (Wildman–Crippen MR) is 58.6 cm³/mol. The maximum Gasteiger partial charge on any atom is 0.213 e. The normalized spacial score (nSPS) is 10.6. The molecule has 0 bridgehead atoms. The molecule has 0 saturated carbocycles. The largest absolute Gasteiger partial charge is 0.394 e. The van der Waals surface area contributed by atoms with Crippen LogP contribution >= 0.6 is 0 Å². The van der Waals surface area contributed by atoms with Crippen LogP contribution in [0.1, 0.15) is 18.4 Å². The van der Waals surface area contributed by atoms with Crippen LogP contribution in [0.25, 0.3) is 0 Å². The number of hydrogen-bond donors (Lipinski definition) is 2. The van der Waals surface area contributed by atoms with E-state index in [1.54, 1.807) is 4.68 Å². The molecule has 2 aromatic heterocycles. The van der Waals surface area contributed by atoms with Crippen molar-refractivity contribution in [3.05, 3.63) is 17.9 Å². The van der Waals surface area contributed by atoms with E-state index in [1.165, 1.54) is 6.39 Å². The lowest BCUT2D eigenvalue weighted by Crippen LogP contribution is -2.07. The smallest absolute Gasteiger partial charge is 0.213 e. The van der Waals surface area contributed by atoms with Crippen LogP contribution in [0.3, 0.4) is 0 Å². The summed E-state index contributed by atoms with van der Waals surface area (Å²) in [5, 5.41) is 11.1. The van der Waals surface area contributed by atoms with Crippen molar-refractivity contribution in [3.63, 3.8) is 0 Å². The Bertz CT molecular complexity index is 461. The average molecular weight is 222 g/mol. The molecule has 0 aliphatic rings. The zero-order valence-corrected chi connectivity index (χ0v) is 9.27. The fourth-order valence-electron chi connectivity index (χ4n) is 1.50. The first-order chi connectivity index (χ1) is 7.72. The van der Waals surface area contributed by atoms with Crippen molar-refractivity contribution in [2.75, 3.05) is 11.1 Å². The molecule has 0 fully saturated rings. The molecule has 16 heavy (non-hydrogen) atoms. The van der Waals surface area contributed by atoms with Gasteiger partial charge in [0.15, 0.2) is 5.82 Å². The highest BCUT2D eigenvalue weighted by molar-refractivity contribution is 5.64. The Morgan fingerprint density at radius 2 is 2.38 bits per heavy atom. The molecule has 7 heteroatoms. The lowest BCUT2D eigenvalue weighted by Gasteiger charge is -2.04. The molecule has 0 radical (unpaired) electrons. The van der Waals surface area contributed by atoms with Crippen LogP contribution in [-0.4, -0.2) is 19.9 Å². The van der Waals surface area contributed by atoms with Gasteiger partial charge in [-0.15, -0.1) is 0 Å². The summed E-state index contributed by atoms with van der Waals surface area (Å²) in [4.78, 5) is 3.91. The topological polar surface area (TPSA) is 94.8 Å². The molecule has 0 saturated heterocycles. The molecule has 0 unspecified atom stereocenters. The van der Waals surface area contributed by atoms with Gasteiger partial charge < -0.3 is 15.6 Å². The Labute approximate surface area is 92.6 Å². The average Bonchev–Trinajstić information content (AvgIpc) is 2.86. The van der Waals surface area contributed by atoms with Crippen molar-refractivity contribution in [1.29, 1.82) is 0 Å². The Hall–Kier alpha value is -2.05. The van der Waals surface area contributed by atoms with Gasteiger partial charge in [0, 0.05) is 7.05 Å². The van der Waals surface area contributed by atoms with Gasteiger partial charge in [-0.25, -0.2) is 0 Å². The van der Waals surface area contributed by atoms with Crippen molar-refractivity contribution in [3.8, 4) is 0 Å². The number of nitrogens with zero attached hydrogens (tertiary/aromatic N) is 4. The van der Waals surface area contributed by atoms with Crippen molar-refractivity contribution < 1.29 is 4.52 Å². The molecule has 0 spiro atoms. The molecule has 7 nitrogen and oxygen atoms in total. The van der Waals surface area contributed by atoms with Crippen LogP contribution in [0.15, 0.2) is 10.9 Å². The van der Waals surface area contributed by atoms with E-state index in [1.807, 2.05) is 14.0 Å². The second-order valence-electron chi connectivity index (χ2n) is 3.39. The molecule has 0 aromatic carbocycles. The highest BCUT2D eigenvalue weighted by atomic mass is 16.5. The second kappa shape index (κ2) is 4.21. The molecule has 0 aliphatic heterocycles. The quantitative estimate of drug-likeness (QED) is 0.784. The number of nitrogen functional groups attached to an aromatic ring is 1. The number of hydrogen-bond acceptors (Lipinski definition) is 6. The summed E-state index contributed by atoms with van der Waals surface area (Å²) in [5.74, 6) is 1.36. The van der Waals surface area contributed by atoms with Gasteiger partial charge in [-0.1, -0.05) is 12.1 Å². The zero-order chi connectivity index (χ0) is 11.5. The first kappa shape index (κ1) is 10.5.